The summed E-state index contributed by atoms with van der Waals surface area (Å²) in [6.45, 7) is 5.66. The van der Waals surface area contributed by atoms with Crippen molar-refractivity contribution in [2.75, 3.05) is 31.2 Å². The number of nitrogens with one attached hydrogen (secondary N) is 2. The molecule has 0 radical (unpaired) electrons. The van der Waals surface area contributed by atoms with Crippen LogP contribution in [0.25, 0.3) is 10.9 Å². The molecule has 0 spiro atoms. The summed E-state index contributed by atoms with van der Waals surface area (Å²) in [5.41, 5.74) is 3.15. The molecule has 4 rings (SSSR count). The first-order valence-corrected chi connectivity index (χ1v) is 13.2. The number of aromatic nitrogens is 1. The van der Waals surface area contributed by atoms with E-state index in [1.165, 1.54) is 37.1 Å². The van der Waals surface area contributed by atoms with E-state index in [2.05, 4.69) is 28.3 Å². The van der Waals surface area contributed by atoms with Crippen molar-refractivity contribution in [2.24, 2.45) is 0 Å². The molecule has 0 atom stereocenters. The summed E-state index contributed by atoms with van der Waals surface area (Å²) < 4.78 is 24.1. The minimum Gasteiger partial charge on any atom is -0.361 e. The number of carbonyl (C=O) groups is 1. The van der Waals surface area contributed by atoms with E-state index in [0.717, 1.165) is 43.1 Å². The minimum absolute atomic E-state index is 0.0377. The molecule has 1 saturated heterocycles. The molecule has 2 N–H and O–H groups in total. The molecule has 0 unspecified atom stereocenters. The molecule has 1 aliphatic heterocycles. The van der Waals surface area contributed by atoms with Crippen molar-refractivity contribution in [1.82, 2.24) is 9.88 Å². The average molecular weight is 454 g/mol. The zero-order valence-corrected chi connectivity index (χ0v) is 19.5. The fourth-order valence-corrected chi connectivity index (χ4v) is 5.47. The van der Waals surface area contributed by atoms with Crippen molar-refractivity contribution in [1.29, 1.82) is 0 Å². The Balaban J connectivity index is 1.53. The number of benzene rings is 2. The molecule has 32 heavy (non-hydrogen) atoms. The zero-order valence-electron chi connectivity index (χ0n) is 18.7. The molecule has 0 aliphatic carbocycles. The van der Waals surface area contributed by atoms with Gasteiger partial charge in [0.15, 0.2) is 9.84 Å². The molecule has 6 nitrogen and oxygen atoms in total. The van der Waals surface area contributed by atoms with Gasteiger partial charge >= 0.3 is 0 Å². The molecule has 1 aliphatic rings. The normalized spacial score (nSPS) is 15.8. The molecule has 7 heteroatoms. The van der Waals surface area contributed by atoms with Crippen molar-refractivity contribution >= 4 is 32.3 Å². The smallest absolute Gasteiger partial charge is 0.256 e. The van der Waals surface area contributed by atoms with Gasteiger partial charge in [-0.3, -0.25) is 4.79 Å². The summed E-state index contributed by atoms with van der Waals surface area (Å²) >= 11 is 0. The molecule has 2 aromatic carbocycles. The summed E-state index contributed by atoms with van der Waals surface area (Å²) in [6.07, 6.45) is 7.96. The summed E-state index contributed by atoms with van der Waals surface area (Å²) in [6, 6.07) is 12.1. The number of nitrogens with zero attached hydrogens (tertiary/aromatic N) is 1. The number of sulfone groups is 1. The third kappa shape index (κ3) is 4.89. The molecule has 1 aromatic heterocycles. The summed E-state index contributed by atoms with van der Waals surface area (Å²) in [7, 11) is -3.50. The topological polar surface area (TPSA) is 82.3 Å². The number of aromatic amines is 1. The second-order valence-corrected chi connectivity index (χ2v) is 10.7. The molecule has 3 aromatic rings. The first-order valence-electron chi connectivity index (χ1n) is 11.3. The molecule has 170 valence electrons. The largest absolute Gasteiger partial charge is 0.361 e. The quantitative estimate of drug-likeness (QED) is 0.538. The fourth-order valence-electron chi connectivity index (χ4n) is 4.58. The minimum atomic E-state index is -3.50. The number of hydrogen-bond donors (Lipinski definition) is 2. The standard InChI is InChI=1S/C25H31N3O3S/c1-3-4-13-28-14-11-18(12-15-28)22-17-26-23-10-9-19(16-21(22)23)27-25(29)20-7-5-6-8-24(20)32(2,30)31/h5-10,16-18,26H,3-4,11-15H2,1-2H3,(H,27,29). The number of fused-ring (bicyclic) bond motifs is 1. The van der Waals surface area contributed by atoms with E-state index in [9.17, 15) is 13.2 Å². The first kappa shape index (κ1) is 22.6. The number of carbonyl (C=O) groups excluding carboxylic acids is 1. The van der Waals surface area contributed by atoms with Crippen LogP contribution in [0, 0.1) is 0 Å². The molecule has 2 heterocycles. The predicted molar refractivity (Wildman–Crippen MR) is 129 cm³/mol. The van der Waals surface area contributed by atoms with Crippen LogP contribution in [0.15, 0.2) is 53.6 Å². The van der Waals surface area contributed by atoms with Crippen molar-refractivity contribution < 1.29 is 13.2 Å². The van der Waals surface area contributed by atoms with Gasteiger partial charge in [-0.25, -0.2) is 8.42 Å². The summed E-state index contributed by atoms with van der Waals surface area (Å²) in [5.74, 6) is 0.0743. The number of hydrogen-bond acceptors (Lipinski definition) is 4. The van der Waals surface area contributed by atoms with Crippen LogP contribution < -0.4 is 5.32 Å². The van der Waals surface area contributed by atoms with E-state index in [-0.39, 0.29) is 10.5 Å². The number of piperidine rings is 1. The SMILES string of the molecule is CCCCN1CCC(c2c[nH]c3ccc(NC(=O)c4ccccc4S(C)(=O)=O)cc23)CC1. The van der Waals surface area contributed by atoms with Crippen molar-refractivity contribution in [3.05, 3.63) is 59.8 Å². The van der Waals surface area contributed by atoms with Gasteiger partial charge in [0.05, 0.1) is 10.5 Å². The van der Waals surface area contributed by atoms with E-state index < -0.39 is 15.7 Å². The van der Waals surface area contributed by atoms with Gasteiger partial charge in [0.25, 0.3) is 5.91 Å². The Labute approximate surface area is 189 Å². The van der Waals surface area contributed by atoms with E-state index in [4.69, 9.17) is 0 Å². The number of H-pyrrole nitrogens is 1. The van der Waals surface area contributed by atoms with Gasteiger partial charge in [-0.2, -0.15) is 0 Å². The van der Waals surface area contributed by atoms with Gasteiger partial charge in [-0.1, -0.05) is 25.5 Å². The summed E-state index contributed by atoms with van der Waals surface area (Å²) in [4.78, 5) is 18.8. The third-order valence-corrected chi connectivity index (χ3v) is 7.51. The number of unbranched alkanes of at least 4 members (excludes halogenated alkanes) is 1. The van der Waals surface area contributed by atoms with Crippen LogP contribution in [0.5, 0.6) is 0 Å². The Morgan fingerprint density at radius 2 is 1.91 bits per heavy atom. The van der Waals surface area contributed by atoms with E-state index in [0.29, 0.717) is 11.6 Å². The van der Waals surface area contributed by atoms with Gasteiger partial charge in [-0.15, -0.1) is 0 Å². The second-order valence-electron chi connectivity index (χ2n) is 8.70. The van der Waals surface area contributed by atoms with Gasteiger partial charge in [0, 0.05) is 29.0 Å². The van der Waals surface area contributed by atoms with Gasteiger partial charge in [0.1, 0.15) is 0 Å². The first-order chi connectivity index (χ1) is 15.4. The lowest BCUT2D eigenvalue weighted by Crippen LogP contribution is -2.33. The van der Waals surface area contributed by atoms with Crippen LogP contribution in [-0.2, 0) is 9.84 Å². The van der Waals surface area contributed by atoms with Gasteiger partial charge < -0.3 is 15.2 Å². The number of rotatable bonds is 7. The maximum Gasteiger partial charge on any atom is 0.256 e. The van der Waals surface area contributed by atoms with Crippen LogP contribution in [0.4, 0.5) is 5.69 Å². The van der Waals surface area contributed by atoms with Crippen molar-refractivity contribution in [3.8, 4) is 0 Å². The maximum atomic E-state index is 12.9. The van der Waals surface area contributed by atoms with Crippen LogP contribution in [-0.4, -0.2) is 50.1 Å². The van der Waals surface area contributed by atoms with Gasteiger partial charge in [0.2, 0.25) is 0 Å². The van der Waals surface area contributed by atoms with Crippen LogP contribution in [0.2, 0.25) is 0 Å². The summed E-state index contributed by atoms with van der Waals surface area (Å²) in [5, 5.41) is 4.00. The molecular weight excluding hydrogens is 422 g/mol. The highest BCUT2D eigenvalue weighted by molar-refractivity contribution is 7.90. The van der Waals surface area contributed by atoms with Crippen LogP contribution >= 0.6 is 0 Å². The van der Waals surface area contributed by atoms with Crippen molar-refractivity contribution in [3.63, 3.8) is 0 Å². The Hall–Kier alpha value is -2.64. The molecule has 0 bridgehead atoms. The van der Waals surface area contributed by atoms with E-state index >= 15 is 0 Å². The Morgan fingerprint density at radius 3 is 2.62 bits per heavy atom. The number of amides is 1. The number of likely N-dealkylation sites (tertiary alicyclic amines) is 1. The van der Waals surface area contributed by atoms with Gasteiger partial charge in [-0.05, 0) is 80.7 Å². The Kier molecular flexibility index (Phi) is 6.67. The van der Waals surface area contributed by atoms with Crippen LogP contribution in [0.3, 0.4) is 0 Å². The highest BCUT2D eigenvalue weighted by Gasteiger charge is 2.23. The van der Waals surface area contributed by atoms with Crippen molar-refractivity contribution in [2.45, 2.75) is 43.4 Å². The predicted octanol–water partition coefficient (Wildman–Crippen LogP) is 4.80. The molecule has 0 saturated carbocycles. The van der Waals surface area contributed by atoms with E-state index in [1.807, 2.05) is 18.2 Å². The van der Waals surface area contributed by atoms with Crippen LogP contribution in [0.1, 0.15) is 54.4 Å². The fraction of sp³-hybridized carbons (Fsp3) is 0.400. The Bertz CT molecular complexity index is 1210. The third-order valence-electron chi connectivity index (χ3n) is 6.36. The molecular formula is C25H31N3O3S. The maximum absolute atomic E-state index is 12.9. The Morgan fingerprint density at radius 1 is 1.16 bits per heavy atom. The average Bonchev–Trinajstić information content (AvgIpc) is 3.20. The highest BCUT2D eigenvalue weighted by atomic mass is 32.2. The zero-order chi connectivity index (χ0) is 22.7. The monoisotopic (exact) mass is 453 g/mol. The lowest BCUT2D eigenvalue weighted by Gasteiger charge is -2.31. The van der Waals surface area contributed by atoms with E-state index in [1.54, 1.807) is 12.1 Å². The molecule has 1 amide bonds. The highest BCUT2D eigenvalue weighted by Crippen LogP contribution is 2.34. The lowest BCUT2D eigenvalue weighted by molar-refractivity contribution is 0.102. The lowest BCUT2D eigenvalue weighted by atomic mass is 9.89. The number of anilines is 1. The second kappa shape index (κ2) is 9.46. The molecule has 1 fully saturated rings.